The molecule has 25 heavy (non-hydrogen) atoms. The Bertz CT molecular complexity index is 397. The molecule has 0 saturated carbocycles. The Morgan fingerprint density at radius 2 is 1.60 bits per heavy atom. The molecule has 0 saturated heterocycles. The predicted molar refractivity (Wildman–Crippen MR) is 96.1 cm³/mol. The van der Waals surface area contributed by atoms with Gasteiger partial charge in [-0.05, 0) is 32.6 Å². The summed E-state index contributed by atoms with van der Waals surface area (Å²) in [4.78, 5) is 33.8. The van der Waals surface area contributed by atoms with Crippen molar-refractivity contribution in [3.05, 3.63) is 0 Å². The summed E-state index contributed by atoms with van der Waals surface area (Å²) in [5, 5.41) is 16.8. The molecule has 0 aromatic heterocycles. The van der Waals surface area contributed by atoms with Crippen LogP contribution in [0.1, 0.15) is 32.6 Å². The largest absolute Gasteiger partial charge is 0.480 e. The van der Waals surface area contributed by atoms with E-state index in [9.17, 15) is 14.4 Å². The van der Waals surface area contributed by atoms with Crippen LogP contribution in [0.4, 0.5) is 0 Å². The van der Waals surface area contributed by atoms with Gasteiger partial charge in [-0.15, -0.1) is 0 Å². The molecule has 0 spiro atoms. The molecule has 146 valence electrons. The van der Waals surface area contributed by atoms with Gasteiger partial charge in [0.25, 0.3) is 0 Å². The summed E-state index contributed by atoms with van der Waals surface area (Å²) in [7, 11) is 2.19. The normalized spacial score (nSPS) is 11.8. The van der Waals surface area contributed by atoms with Gasteiger partial charge in [0.1, 0.15) is 19.3 Å². The molecule has 0 fully saturated rings. The second kappa shape index (κ2) is 16.2. The van der Waals surface area contributed by atoms with Crippen molar-refractivity contribution in [3.63, 3.8) is 0 Å². The fourth-order valence-corrected chi connectivity index (χ4v) is 2.17. The van der Waals surface area contributed by atoms with Crippen LogP contribution in [-0.4, -0.2) is 68.4 Å². The first-order valence-electron chi connectivity index (χ1n) is 8.39. The number of carbonyl (C=O) groups excluding carboxylic acids is 2. The number of ether oxygens (including phenoxy) is 2. The third-order valence-corrected chi connectivity index (χ3v) is 3.60. The first-order chi connectivity index (χ1) is 12.0. The molecule has 0 aromatic carbocycles. The lowest BCUT2D eigenvalue weighted by Gasteiger charge is -2.10. The summed E-state index contributed by atoms with van der Waals surface area (Å²) >= 11 is 0. The van der Waals surface area contributed by atoms with Gasteiger partial charge in [0.15, 0.2) is 0 Å². The van der Waals surface area contributed by atoms with Gasteiger partial charge in [0.2, 0.25) is 11.8 Å². The number of carboxylic acid groups (broad SMARTS) is 1. The quantitative estimate of drug-likeness (QED) is 0.214. The fourth-order valence-electron chi connectivity index (χ4n) is 1.86. The van der Waals surface area contributed by atoms with E-state index in [1.165, 1.54) is 0 Å². The molecule has 0 aliphatic carbocycles. The number of hydrogen-bond donors (Lipinski definition) is 4. The first-order valence-corrected chi connectivity index (χ1v) is 8.96. The molecule has 0 aliphatic rings. The highest BCUT2D eigenvalue weighted by atomic mass is 31.0. The van der Waals surface area contributed by atoms with E-state index in [0.717, 1.165) is 6.42 Å². The molecule has 0 heterocycles. The Balaban J connectivity index is 3.52. The second-order valence-electron chi connectivity index (χ2n) is 5.30. The van der Waals surface area contributed by atoms with Crippen molar-refractivity contribution in [2.75, 3.05) is 39.5 Å². The van der Waals surface area contributed by atoms with Crippen molar-refractivity contribution >= 4 is 27.2 Å². The van der Waals surface area contributed by atoms with Crippen molar-refractivity contribution in [1.82, 2.24) is 15.7 Å². The van der Waals surface area contributed by atoms with Gasteiger partial charge in [-0.3, -0.25) is 19.5 Å². The molecule has 1 unspecified atom stereocenters. The summed E-state index contributed by atoms with van der Waals surface area (Å²) in [6, 6.07) is -0.601. The van der Waals surface area contributed by atoms with Crippen LogP contribution in [0.15, 0.2) is 0 Å². The summed E-state index contributed by atoms with van der Waals surface area (Å²) in [5.41, 5.74) is 0. The number of aliphatic carboxylic acids is 1. The molecular formula is C15H30N3O6P. The SMILES string of the molecule is CCOCCCNC(=O)COCC(=O)NCCCC[C@H](NP)C(=O)O. The number of hydrogen-bond acceptors (Lipinski definition) is 6. The zero-order valence-electron chi connectivity index (χ0n) is 14.7. The molecule has 2 atom stereocenters. The smallest absolute Gasteiger partial charge is 0.320 e. The van der Waals surface area contributed by atoms with Crippen LogP contribution in [0.3, 0.4) is 0 Å². The molecule has 9 nitrogen and oxygen atoms in total. The Kier molecular flexibility index (Phi) is 15.4. The van der Waals surface area contributed by atoms with Crippen LogP contribution in [0.25, 0.3) is 0 Å². The van der Waals surface area contributed by atoms with E-state index in [2.05, 4.69) is 25.1 Å². The number of nitrogens with one attached hydrogen (secondary N) is 3. The summed E-state index contributed by atoms with van der Waals surface area (Å²) in [5.74, 6) is -1.47. The molecule has 10 heteroatoms. The standard InChI is InChI=1S/C15H30N3O6P/c1-2-23-9-5-8-17-14(20)11-24-10-13(19)16-7-4-3-6-12(18-25)15(21)22/h12,18H,2-11,25H2,1H3,(H,16,19)(H,17,20)(H,21,22)/t12-/m0/s1. The number of amides is 2. The lowest BCUT2D eigenvalue weighted by Crippen LogP contribution is -2.33. The van der Waals surface area contributed by atoms with Crippen molar-refractivity contribution in [3.8, 4) is 0 Å². The molecule has 0 aliphatic heterocycles. The van der Waals surface area contributed by atoms with E-state index in [4.69, 9.17) is 14.6 Å². The van der Waals surface area contributed by atoms with E-state index >= 15 is 0 Å². The zero-order valence-corrected chi connectivity index (χ0v) is 15.9. The number of carbonyl (C=O) groups is 3. The van der Waals surface area contributed by atoms with Gasteiger partial charge in [-0.1, -0.05) is 9.39 Å². The minimum absolute atomic E-state index is 0.165. The van der Waals surface area contributed by atoms with Gasteiger partial charge in [0.05, 0.1) is 0 Å². The minimum Gasteiger partial charge on any atom is -0.480 e. The maximum atomic E-state index is 11.5. The highest BCUT2D eigenvalue weighted by molar-refractivity contribution is 7.13. The van der Waals surface area contributed by atoms with Crippen LogP contribution in [-0.2, 0) is 23.9 Å². The van der Waals surface area contributed by atoms with Crippen LogP contribution in [0.5, 0.6) is 0 Å². The van der Waals surface area contributed by atoms with Crippen molar-refractivity contribution < 1.29 is 29.0 Å². The summed E-state index contributed by atoms with van der Waals surface area (Å²) in [6.07, 6.45) is 2.55. The van der Waals surface area contributed by atoms with Gasteiger partial charge >= 0.3 is 5.97 Å². The van der Waals surface area contributed by atoms with E-state index < -0.39 is 12.0 Å². The maximum Gasteiger partial charge on any atom is 0.320 e. The molecule has 0 rings (SSSR count). The summed E-state index contributed by atoms with van der Waals surface area (Å²) in [6.45, 7) is 3.76. The molecule has 0 bridgehead atoms. The Hall–Kier alpha value is -1.28. The Labute approximate surface area is 150 Å². The van der Waals surface area contributed by atoms with Crippen LogP contribution in [0.2, 0.25) is 0 Å². The minimum atomic E-state index is -0.899. The molecule has 0 aromatic rings. The van der Waals surface area contributed by atoms with Gasteiger partial charge in [0, 0.05) is 26.3 Å². The van der Waals surface area contributed by atoms with Gasteiger partial charge < -0.3 is 25.2 Å². The lowest BCUT2D eigenvalue weighted by molar-refractivity contribution is -0.139. The molecule has 4 N–H and O–H groups in total. The van der Waals surface area contributed by atoms with Crippen LogP contribution in [0, 0.1) is 0 Å². The zero-order chi connectivity index (χ0) is 18.9. The first kappa shape index (κ1) is 23.7. The third-order valence-electron chi connectivity index (χ3n) is 3.20. The number of rotatable bonds is 16. The summed E-state index contributed by atoms with van der Waals surface area (Å²) < 4.78 is 10.2. The third kappa shape index (κ3) is 14.7. The molecule has 0 radical (unpaired) electrons. The van der Waals surface area contributed by atoms with E-state index in [0.29, 0.717) is 45.6 Å². The Morgan fingerprint density at radius 3 is 2.12 bits per heavy atom. The highest BCUT2D eigenvalue weighted by Crippen LogP contribution is 2.02. The lowest BCUT2D eigenvalue weighted by atomic mass is 10.1. The van der Waals surface area contributed by atoms with Gasteiger partial charge in [-0.25, -0.2) is 0 Å². The topological polar surface area (TPSA) is 126 Å². The fraction of sp³-hybridized carbons (Fsp3) is 0.800. The van der Waals surface area contributed by atoms with Crippen LogP contribution >= 0.6 is 9.39 Å². The highest BCUT2D eigenvalue weighted by Gasteiger charge is 2.13. The molecular weight excluding hydrogens is 349 g/mol. The van der Waals surface area contributed by atoms with E-state index in [1.807, 2.05) is 6.92 Å². The Morgan fingerprint density at radius 1 is 1.00 bits per heavy atom. The average Bonchev–Trinajstić information content (AvgIpc) is 2.57. The van der Waals surface area contributed by atoms with Gasteiger partial charge in [-0.2, -0.15) is 0 Å². The number of carboxylic acids is 1. The van der Waals surface area contributed by atoms with E-state index in [1.54, 1.807) is 0 Å². The average molecular weight is 379 g/mol. The maximum absolute atomic E-state index is 11.5. The monoisotopic (exact) mass is 379 g/mol. The van der Waals surface area contributed by atoms with Crippen molar-refractivity contribution in [2.24, 2.45) is 0 Å². The second-order valence-corrected chi connectivity index (χ2v) is 5.63. The van der Waals surface area contributed by atoms with Crippen molar-refractivity contribution in [1.29, 1.82) is 0 Å². The molecule has 2 amide bonds. The van der Waals surface area contributed by atoms with Crippen molar-refractivity contribution in [2.45, 2.75) is 38.6 Å². The van der Waals surface area contributed by atoms with Crippen LogP contribution < -0.4 is 15.7 Å². The number of unbranched alkanes of at least 4 members (excludes halogenated alkanes) is 1. The van der Waals surface area contributed by atoms with E-state index in [-0.39, 0.29) is 25.0 Å². The predicted octanol–water partition coefficient (Wildman–Crippen LogP) is -0.335.